The first-order chi connectivity index (χ1) is 10.9. The van der Waals surface area contributed by atoms with Crippen molar-refractivity contribution in [3.63, 3.8) is 0 Å². The minimum absolute atomic E-state index is 0.0416. The molecule has 0 bridgehead atoms. The van der Waals surface area contributed by atoms with Crippen molar-refractivity contribution in [2.75, 3.05) is 0 Å². The van der Waals surface area contributed by atoms with Crippen molar-refractivity contribution in [2.45, 2.75) is 24.8 Å². The second-order valence-electron chi connectivity index (χ2n) is 5.15. The Balaban J connectivity index is 1.92. The molecule has 0 saturated carbocycles. The van der Waals surface area contributed by atoms with E-state index in [0.29, 0.717) is 0 Å². The van der Waals surface area contributed by atoms with E-state index in [9.17, 15) is 8.42 Å². The summed E-state index contributed by atoms with van der Waals surface area (Å²) in [4.78, 5) is 2.45. The summed E-state index contributed by atoms with van der Waals surface area (Å²) in [5, 5.41) is 3.23. The number of nitrogens with one attached hydrogen (secondary N) is 3. The number of thiocarbonyl (C=S) groups is 1. The predicted octanol–water partition coefficient (Wildman–Crippen LogP) is 2.41. The first-order valence-corrected chi connectivity index (χ1v) is 8.97. The summed E-state index contributed by atoms with van der Waals surface area (Å²) in [7, 11) is -3.66. The van der Waals surface area contributed by atoms with Crippen LogP contribution in [0.15, 0.2) is 59.5 Å². The molecule has 3 N–H and O–H groups in total. The van der Waals surface area contributed by atoms with Gasteiger partial charge in [-0.3, -0.25) is 5.43 Å². The zero-order valence-electron chi connectivity index (χ0n) is 12.9. The highest BCUT2D eigenvalue weighted by Gasteiger charge is 2.14. The molecule has 0 aliphatic carbocycles. The Morgan fingerprint density at radius 2 is 1.65 bits per heavy atom. The fraction of sp³-hybridized carbons (Fsp3) is 0.188. The van der Waals surface area contributed by atoms with Crippen LogP contribution in [-0.2, 0) is 10.0 Å². The third-order valence-corrected chi connectivity index (χ3v) is 4.76. The van der Waals surface area contributed by atoms with Crippen molar-refractivity contribution in [3.05, 3.63) is 65.7 Å². The highest BCUT2D eigenvalue weighted by molar-refractivity contribution is 7.89. The molecule has 2 aromatic carbocycles. The van der Waals surface area contributed by atoms with Crippen LogP contribution in [-0.4, -0.2) is 13.5 Å². The van der Waals surface area contributed by atoms with Crippen molar-refractivity contribution in [1.29, 1.82) is 0 Å². The van der Waals surface area contributed by atoms with E-state index in [1.54, 1.807) is 24.3 Å². The van der Waals surface area contributed by atoms with E-state index in [0.717, 1.165) is 11.1 Å². The normalized spacial score (nSPS) is 12.4. The van der Waals surface area contributed by atoms with Gasteiger partial charge in [0, 0.05) is 0 Å². The van der Waals surface area contributed by atoms with Crippen molar-refractivity contribution in [3.8, 4) is 0 Å². The monoisotopic (exact) mass is 349 g/mol. The van der Waals surface area contributed by atoms with Gasteiger partial charge in [-0.25, -0.2) is 8.42 Å². The van der Waals surface area contributed by atoms with Gasteiger partial charge in [-0.1, -0.05) is 48.0 Å². The number of rotatable bonds is 5. The maximum atomic E-state index is 12.1. The maximum absolute atomic E-state index is 12.1. The summed E-state index contributed by atoms with van der Waals surface area (Å²) in [6.45, 7) is 3.84. The quantitative estimate of drug-likeness (QED) is 0.571. The van der Waals surface area contributed by atoms with Crippen molar-refractivity contribution in [2.24, 2.45) is 0 Å². The molecule has 0 spiro atoms. The third kappa shape index (κ3) is 5.02. The number of hydrogen-bond acceptors (Lipinski definition) is 3. The smallest absolute Gasteiger partial charge is 0.257 e. The molecule has 0 unspecified atom stereocenters. The Morgan fingerprint density at radius 1 is 1.04 bits per heavy atom. The molecule has 122 valence electrons. The molecule has 1 atom stereocenters. The second-order valence-corrected chi connectivity index (χ2v) is 7.24. The van der Waals surface area contributed by atoms with Gasteiger partial charge in [0.1, 0.15) is 0 Å². The van der Waals surface area contributed by atoms with Gasteiger partial charge < -0.3 is 5.32 Å². The molecular weight excluding hydrogens is 330 g/mol. The highest BCUT2D eigenvalue weighted by Crippen LogP contribution is 2.11. The minimum Gasteiger partial charge on any atom is -0.355 e. The largest absolute Gasteiger partial charge is 0.355 e. The average Bonchev–Trinajstić information content (AvgIpc) is 2.54. The summed E-state index contributed by atoms with van der Waals surface area (Å²) >= 11 is 5.12. The number of benzene rings is 2. The molecule has 0 amide bonds. The van der Waals surface area contributed by atoms with E-state index in [4.69, 9.17) is 12.2 Å². The lowest BCUT2D eigenvalue weighted by Crippen LogP contribution is -2.47. The van der Waals surface area contributed by atoms with Crippen LogP contribution in [0.2, 0.25) is 0 Å². The fourth-order valence-electron chi connectivity index (χ4n) is 1.95. The van der Waals surface area contributed by atoms with Crippen molar-refractivity contribution >= 4 is 27.4 Å². The topological polar surface area (TPSA) is 70.2 Å². The summed E-state index contributed by atoms with van der Waals surface area (Å²) in [5.41, 5.74) is 4.56. The third-order valence-electron chi connectivity index (χ3n) is 3.28. The van der Waals surface area contributed by atoms with E-state index in [1.165, 1.54) is 0 Å². The van der Waals surface area contributed by atoms with Gasteiger partial charge in [0.05, 0.1) is 10.9 Å². The lowest BCUT2D eigenvalue weighted by Gasteiger charge is -2.17. The summed E-state index contributed by atoms with van der Waals surface area (Å²) in [5.74, 6) is 0. The molecule has 0 heterocycles. The van der Waals surface area contributed by atoms with Gasteiger partial charge >= 0.3 is 0 Å². The lowest BCUT2D eigenvalue weighted by molar-refractivity contribution is 0.575. The van der Waals surface area contributed by atoms with E-state index in [1.807, 2.05) is 44.2 Å². The zero-order chi connectivity index (χ0) is 16.9. The standard InChI is InChI=1S/C16H19N3O2S2/c1-12-8-10-15(11-9-12)23(20,21)19-18-16(22)17-13(2)14-6-4-3-5-7-14/h3-11,13,19H,1-2H3,(H2,17,18,22)/t13-/m1/s1. The predicted molar refractivity (Wildman–Crippen MR) is 95.2 cm³/mol. The Kier molecular flexibility index (Phi) is 5.70. The Bertz CT molecular complexity index is 760. The van der Waals surface area contributed by atoms with Crippen molar-refractivity contribution < 1.29 is 8.42 Å². The first kappa shape index (κ1) is 17.4. The van der Waals surface area contributed by atoms with Crippen LogP contribution < -0.4 is 15.6 Å². The van der Waals surface area contributed by atoms with Crippen LogP contribution in [0.25, 0.3) is 0 Å². The summed E-state index contributed by atoms with van der Waals surface area (Å²) < 4.78 is 24.3. The summed E-state index contributed by atoms with van der Waals surface area (Å²) in [6.07, 6.45) is 0. The zero-order valence-corrected chi connectivity index (χ0v) is 14.5. The van der Waals surface area contributed by atoms with E-state index < -0.39 is 10.0 Å². The van der Waals surface area contributed by atoms with Crippen molar-refractivity contribution in [1.82, 2.24) is 15.6 Å². The summed E-state index contributed by atoms with van der Waals surface area (Å²) in [6, 6.07) is 16.3. The molecule has 23 heavy (non-hydrogen) atoms. The molecular formula is C16H19N3O2S2. The van der Waals surface area contributed by atoms with Gasteiger partial charge in [-0.05, 0) is 43.8 Å². The number of sulfonamides is 1. The second kappa shape index (κ2) is 7.54. The molecule has 0 saturated heterocycles. The van der Waals surface area contributed by atoms with Crippen LogP contribution in [0.5, 0.6) is 0 Å². The van der Waals surface area contributed by atoms with Crippen LogP contribution >= 0.6 is 12.2 Å². The van der Waals surface area contributed by atoms with Gasteiger partial charge in [-0.15, -0.1) is 4.83 Å². The minimum atomic E-state index is -3.66. The first-order valence-electron chi connectivity index (χ1n) is 7.08. The van der Waals surface area contributed by atoms with Crippen LogP contribution in [0, 0.1) is 6.92 Å². The van der Waals surface area contributed by atoms with Gasteiger partial charge in [0.2, 0.25) is 0 Å². The molecule has 5 nitrogen and oxygen atoms in total. The molecule has 2 aromatic rings. The molecule has 0 fully saturated rings. The van der Waals surface area contributed by atoms with Gasteiger partial charge in [0.15, 0.2) is 5.11 Å². The van der Waals surface area contributed by atoms with E-state index in [2.05, 4.69) is 15.6 Å². The van der Waals surface area contributed by atoms with Crippen LogP contribution in [0.1, 0.15) is 24.1 Å². The maximum Gasteiger partial charge on any atom is 0.257 e. The number of hydrazine groups is 1. The lowest BCUT2D eigenvalue weighted by atomic mass is 10.1. The molecule has 0 radical (unpaired) electrons. The van der Waals surface area contributed by atoms with Crippen LogP contribution in [0.4, 0.5) is 0 Å². The Labute approximate surface area is 142 Å². The van der Waals surface area contributed by atoms with Gasteiger partial charge in [0.25, 0.3) is 10.0 Å². The SMILES string of the molecule is Cc1ccc(S(=O)(=O)NNC(=S)N[C@H](C)c2ccccc2)cc1. The molecule has 7 heteroatoms. The number of aryl methyl sites for hydroxylation is 1. The molecule has 2 rings (SSSR count). The Hall–Kier alpha value is -1.96. The van der Waals surface area contributed by atoms with Gasteiger partial charge in [-0.2, -0.15) is 0 Å². The highest BCUT2D eigenvalue weighted by atomic mass is 32.2. The van der Waals surface area contributed by atoms with E-state index in [-0.39, 0.29) is 16.0 Å². The van der Waals surface area contributed by atoms with Crippen LogP contribution in [0.3, 0.4) is 0 Å². The fourth-order valence-corrected chi connectivity index (χ4v) is 3.09. The molecule has 0 aliphatic heterocycles. The molecule has 0 aromatic heterocycles. The average molecular weight is 349 g/mol. The van der Waals surface area contributed by atoms with E-state index >= 15 is 0 Å². The molecule has 0 aliphatic rings. The Morgan fingerprint density at radius 3 is 2.26 bits per heavy atom. The number of hydrogen-bond donors (Lipinski definition) is 3.